The number of H-pyrrole nitrogens is 1. The molecule has 0 saturated heterocycles. The molecule has 1 heterocycles. The van der Waals surface area contributed by atoms with Crippen LogP contribution in [0, 0.1) is 25.2 Å². The number of nitrogens with zero attached hydrogens (tertiary/aromatic N) is 1. The third kappa shape index (κ3) is 1.00. The van der Waals surface area contributed by atoms with Gasteiger partial charge in [0, 0.05) is 24.7 Å². The van der Waals surface area contributed by atoms with Gasteiger partial charge >= 0.3 is 0 Å². The van der Waals surface area contributed by atoms with Crippen molar-refractivity contribution >= 4 is 5.78 Å². The van der Waals surface area contributed by atoms with Crippen LogP contribution in [0.15, 0.2) is 6.20 Å². The van der Waals surface area contributed by atoms with Gasteiger partial charge in [-0.1, -0.05) is 0 Å². The minimum Gasteiger partial charge on any atom is -0.365 e. The van der Waals surface area contributed by atoms with E-state index in [1.807, 2.05) is 20.0 Å². The van der Waals surface area contributed by atoms with E-state index in [0.717, 1.165) is 16.8 Å². The molecule has 1 saturated carbocycles. The molecule has 1 aliphatic carbocycles. The Balaban J connectivity index is 2.49. The first kappa shape index (κ1) is 9.01. The number of nitrogens with one attached hydrogen (secondary N) is 1. The number of Topliss-reactive ketones (excluding diaryl/α,β-unsaturated/α-hetero) is 1. The molecule has 1 aliphatic rings. The number of aryl methyl sites for hydroxylation is 2. The SMILES string of the molecule is Cc1c[nH]c(C)c1C1(C#N)CC(=O)C1. The first-order chi connectivity index (χ1) is 6.59. The highest BCUT2D eigenvalue weighted by molar-refractivity contribution is 5.90. The molecular formula is C11H12N2O. The quantitative estimate of drug-likeness (QED) is 0.730. The molecule has 1 aromatic heterocycles. The van der Waals surface area contributed by atoms with Crippen molar-refractivity contribution in [3.8, 4) is 6.07 Å². The Morgan fingerprint density at radius 3 is 2.50 bits per heavy atom. The van der Waals surface area contributed by atoms with Crippen LogP contribution in [0.4, 0.5) is 0 Å². The second-order valence-electron chi connectivity index (χ2n) is 4.06. The Bertz CT molecular complexity index is 409. The topological polar surface area (TPSA) is 56.6 Å². The number of carbonyl (C=O) groups is 1. The third-order valence-electron chi connectivity index (χ3n) is 2.96. The molecule has 0 aromatic carbocycles. The average molecular weight is 188 g/mol. The highest BCUT2D eigenvalue weighted by atomic mass is 16.1. The van der Waals surface area contributed by atoms with Gasteiger partial charge in [0.25, 0.3) is 0 Å². The summed E-state index contributed by atoms with van der Waals surface area (Å²) in [6, 6.07) is 2.29. The van der Waals surface area contributed by atoms with Crippen molar-refractivity contribution in [1.29, 1.82) is 5.26 Å². The van der Waals surface area contributed by atoms with Crippen molar-refractivity contribution in [2.24, 2.45) is 0 Å². The lowest BCUT2D eigenvalue weighted by Crippen LogP contribution is -2.41. The molecule has 1 aromatic rings. The van der Waals surface area contributed by atoms with Gasteiger partial charge in [-0.25, -0.2) is 0 Å². The van der Waals surface area contributed by atoms with Crippen molar-refractivity contribution in [3.05, 3.63) is 23.0 Å². The van der Waals surface area contributed by atoms with Crippen molar-refractivity contribution in [2.75, 3.05) is 0 Å². The van der Waals surface area contributed by atoms with Crippen LogP contribution in [0.25, 0.3) is 0 Å². The Hall–Kier alpha value is -1.56. The van der Waals surface area contributed by atoms with E-state index in [9.17, 15) is 4.79 Å². The number of carbonyl (C=O) groups excluding carboxylic acids is 1. The normalized spacial score (nSPS) is 18.8. The molecule has 0 radical (unpaired) electrons. The molecule has 0 amide bonds. The zero-order valence-corrected chi connectivity index (χ0v) is 8.35. The molecule has 0 atom stereocenters. The van der Waals surface area contributed by atoms with Crippen LogP contribution in [0.2, 0.25) is 0 Å². The first-order valence-corrected chi connectivity index (χ1v) is 4.67. The maximum atomic E-state index is 11.0. The molecular weight excluding hydrogens is 176 g/mol. The fraction of sp³-hybridized carbons (Fsp3) is 0.455. The number of ketones is 1. The molecule has 0 bridgehead atoms. The monoisotopic (exact) mass is 188 g/mol. The number of hydrogen-bond acceptors (Lipinski definition) is 2. The van der Waals surface area contributed by atoms with Gasteiger partial charge in [-0.3, -0.25) is 4.79 Å². The van der Waals surface area contributed by atoms with Crippen LogP contribution in [-0.4, -0.2) is 10.8 Å². The second kappa shape index (κ2) is 2.71. The summed E-state index contributed by atoms with van der Waals surface area (Å²) in [7, 11) is 0. The van der Waals surface area contributed by atoms with Crippen LogP contribution in [0.1, 0.15) is 29.7 Å². The third-order valence-corrected chi connectivity index (χ3v) is 2.96. The van der Waals surface area contributed by atoms with Gasteiger partial charge < -0.3 is 4.98 Å². The van der Waals surface area contributed by atoms with E-state index in [1.165, 1.54) is 0 Å². The Labute approximate surface area is 82.7 Å². The van der Waals surface area contributed by atoms with E-state index >= 15 is 0 Å². The average Bonchev–Trinajstić information content (AvgIpc) is 2.42. The van der Waals surface area contributed by atoms with Gasteiger partial charge in [-0.15, -0.1) is 0 Å². The van der Waals surface area contributed by atoms with E-state index in [0.29, 0.717) is 12.8 Å². The molecule has 1 N–H and O–H groups in total. The van der Waals surface area contributed by atoms with Gasteiger partial charge in [-0.05, 0) is 25.0 Å². The predicted octanol–water partition coefficient (Wildman–Crippen LogP) is 1.76. The zero-order valence-electron chi connectivity index (χ0n) is 8.35. The Morgan fingerprint density at radius 1 is 1.50 bits per heavy atom. The lowest BCUT2D eigenvalue weighted by molar-refractivity contribution is -0.126. The molecule has 0 aliphatic heterocycles. The molecule has 1 fully saturated rings. The minimum absolute atomic E-state index is 0.187. The number of aromatic nitrogens is 1. The van der Waals surface area contributed by atoms with Crippen molar-refractivity contribution < 1.29 is 4.79 Å². The summed E-state index contributed by atoms with van der Waals surface area (Å²) in [6.07, 6.45) is 2.65. The molecule has 3 nitrogen and oxygen atoms in total. The Morgan fingerprint density at radius 2 is 2.14 bits per heavy atom. The summed E-state index contributed by atoms with van der Waals surface area (Å²) in [6.45, 7) is 3.92. The molecule has 3 heteroatoms. The van der Waals surface area contributed by atoms with Gasteiger partial charge in [0.1, 0.15) is 5.78 Å². The van der Waals surface area contributed by atoms with Gasteiger partial charge in [0.15, 0.2) is 0 Å². The standard InChI is InChI=1S/C11H12N2O/c1-7-5-13-8(2)10(7)11(6-12)3-9(14)4-11/h5,13H,3-4H2,1-2H3. The summed E-state index contributed by atoms with van der Waals surface area (Å²) in [4.78, 5) is 14.1. The van der Waals surface area contributed by atoms with Crippen LogP contribution < -0.4 is 0 Å². The van der Waals surface area contributed by atoms with Gasteiger partial charge in [0.2, 0.25) is 0 Å². The lowest BCUT2D eigenvalue weighted by Gasteiger charge is -2.34. The highest BCUT2D eigenvalue weighted by Crippen LogP contribution is 2.43. The van der Waals surface area contributed by atoms with Crippen molar-refractivity contribution in [2.45, 2.75) is 32.1 Å². The molecule has 0 spiro atoms. The highest BCUT2D eigenvalue weighted by Gasteiger charge is 2.47. The number of hydrogen-bond donors (Lipinski definition) is 1. The summed E-state index contributed by atoms with van der Waals surface area (Å²) in [5, 5.41) is 9.16. The smallest absolute Gasteiger partial charge is 0.136 e. The molecule has 0 unspecified atom stereocenters. The van der Waals surface area contributed by atoms with Crippen LogP contribution in [0.3, 0.4) is 0 Å². The van der Waals surface area contributed by atoms with Crippen molar-refractivity contribution in [3.63, 3.8) is 0 Å². The maximum absolute atomic E-state index is 11.0. The summed E-state index contributed by atoms with van der Waals surface area (Å²) in [5.74, 6) is 0.187. The fourth-order valence-electron chi connectivity index (χ4n) is 2.33. The molecule has 14 heavy (non-hydrogen) atoms. The van der Waals surface area contributed by atoms with Crippen LogP contribution in [0.5, 0.6) is 0 Å². The summed E-state index contributed by atoms with van der Waals surface area (Å²) in [5.41, 5.74) is 2.58. The minimum atomic E-state index is -0.536. The van der Waals surface area contributed by atoms with Gasteiger partial charge in [0.05, 0.1) is 11.5 Å². The largest absolute Gasteiger partial charge is 0.365 e. The molecule has 72 valence electrons. The maximum Gasteiger partial charge on any atom is 0.136 e. The van der Waals surface area contributed by atoms with Crippen LogP contribution in [-0.2, 0) is 10.2 Å². The Kier molecular flexibility index (Phi) is 1.75. The number of rotatable bonds is 1. The number of aromatic amines is 1. The lowest BCUT2D eigenvalue weighted by atomic mass is 9.64. The van der Waals surface area contributed by atoms with Gasteiger partial charge in [-0.2, -0.15) is 5.26 Å². The van der Waals surface area contributed by atoms with Crippen LogP contribution >= 0.6 is 0 Å². The van der Waals surface area contributed by atoms with E-state index in [4.69, 9.17) is 5.26 Å². The summed E-state index contributed by atoms with van der Waals surface area (Å²) >= 11 is 0. The molecule has 2 rings (SSSR count). The fourth-order valence-corrected chi connectivity index (χ4v) is 2.33. The van der Waals surface area contributed by atoms with E-state index in [1.54, 1.807) is 0 Å². The first-order valence-electron chi connectivity index (χ1n) is 4.67. The van der Waals surface area contributed by atoms with E-state index in [2.05, 4.69) is 11.1 Å². The zero-order chi connectivity index (χ0) is 10.3. The number of nitriles is 1. The second-order valence-corrected chi connectivity index (χ2v) is 4.06. The predicted molar refractivity (Wildman–Crippen MR) is 51.8 cm³/mol. The van der Waals surface area contributed by atoms with E-state index in [-0.39, 0.29) is 5.78 Å². The summed E-state index contributed by atoms with van der Waals surface area (Å²) < 4.78 is 0. The van der Waals surface area contributed by atoms with E-state index < -0.39 is 5.41 Å². The van der Waals surface area contributed by atoms with Crippen molar-refractivity contribution in [1.82, 2.24) is 4.98 Å².